The van der Waals surface area contributed by atoms with Crippen LogP contribution in [-0.4, -0.2) is 10.4 Å². The van der Waals surface area contributed by atoms with Gasteiger partial charge in [0.25, 0.3) is 0 Å². The van der Waals surface area contributed by atoms with Crippen molar-refractivity contribution in [2.75, 3.05) is 0 Å². The van der Waals surface area contributed by atoms with Gasteiger partial charge in [0, 0.05) is 0 Å². The molecular formula is C24H44Si2Zr. The molecule has 2 aliphatic rings. The molecule has 0 radical (unpaired) electrons. The van der Waals surface area contributed by atoms with Crippen LogP contribution in [0.4, 0.5) is 0 Å². The summed E-state index contributed by atoms with van der Waals surface area (Å²) in [6.45, 7) is 31.0. The normalized spacial score (nSPS) is 19.7. The van der Waals surface area contributed by atoms with Crippen LogP contribution in [0.1, 0.15) is 54.4 Å². The summed E-state index contributed by atoms with van der Waals surface area (Å²) < 4.78 is 3.99. The summed E-state index contributed by atoms with van der Waals surface area (Å²) in [4.78, 5) is 0. The zero-order valence-electron chi connectivity index (χ0n) is 20.2. The zero-order valence-corrected chi connectivity index (χ0v) is 24.7. The van der Waals surface area contributed by atoms with Crippen molar-refractivity contribution < 1.29 is 18.6 Å². The van der Waals surface area contributed by atoms with E-state index in [-0.39, 0.29) is 10.8 Å². The Kier molecular flexibility index (Phi) is 6.28. The van der Waals surface area contributed by atoms with E-state index < -0.39 is 29.0 Å². The summed E-state index contributed by atoms with van der Waals surface area (Å²) in [5, 5.41) is -2.74. The Balaban J connectivity index is 3.01. The third-order valence-corrected chi connectivity index (χ3v) is 84.9. The fourth-order valence-corrected chi connectivity index (χ4v) is 108. The van der Waals surface area contributed by atoms with Crippen LogP contribution in [0.3, 0.4) is 0 Å². The first-order valence-corrected chi connectivity index (χ1v) is 27.6. The molecular weight excluding hydrogens is 436 g/mol. The summed E-state index contributed by atoms with van der Waals surface area (Å²) in [6.07, 6.45) is 12.5. The molecule has 2 aliphatic carbocycles. The molecule has 2 rings (SSSR count). The van der Waals surface area contributed by atoms with Crippen LogP contribution in [0.5, 0.6) is 0 Å². The van der Waals surface area contributed by atoms with Crippen LogP contribution in [0.25, 0.3) is 0 Å². The van der Waals surface area contributed by atoms with Crippen LogP contribution in [0.2, 0.25) is 39.3 Å². The summed E-state index contributed by atoms with van der Waals surface area (Å²) in [5.41, 5.74) is 3.96. The summed E-state index contributed by atoms with van der Waals surface area (Å²) >= 11 is -2.83. The summed E-state index contributed by atoms with van der Waals surface area (Å²) in [5.74, 6) is 0. The van der Waals surface area contributed by atoms with Crippen molar-refractivity contribution in [3.8, 4) is 0 Å². The average Bonchev–Trinajstić information content (AvgIpc) is 3.03. The molecule has 0 N–H and O–H groups in total. The van der Waals surface area contributed by atoms with Gasteiger partial charge in [0.05, 0.1) is 0 Å². The number of rotatable bonds is 4. The second-order valence-electron chi connectivity index (χ2n) is 12.7. The monoisotopic (exact) mass is 478 g/mol. The molecule has 0 aromatic carbocycles. The molecule has 3 heteroatoms. The molecule has 0 aliphatic heterocycles. The van der Waals surface area contributed by atoms with E-state index in [4.69, 9.17) is 0 Å². The molecule has 0 spiro atoms. The van der Waals surface area contributed by atoms with Crippen LogP contribution < -0.4 is 0 Å². The van der Waals surface area contributed by atoms with E-state index in [9.17, 15) is 0 Å². The van der Waals surface area contributed by atoms with Gasteiger partial charge in [-0.25, -0.2) is 0 Å². The molecule has 0 fully saturated rings. The fraction of sp³-hybridized carbons (Fsp3) is 0.667. The molecule has 0 heterocycles. The van der Waals surface area contributed by atoms with Crippen LogP contribution >= 0.6 is 0 Å². The Morgan fingerprint density at radius 1 is 0.630 bits per heavy atom. The number of hydrogen-bond donors (Lipinski definition) is 0. The molecule has 0 atom stereocenters. The van der Waals surface area contributed by atoms with Crippen molar-refractivity contribution in [2.24, 2.45) is 10.8 Å². The minimum atomic E-state index is -2.83. The Morgan fingerprint density at radius 2 is 0.926 bits per heavy atom. The topological polar surface area (TPSA) is 0 Å². The maximum absolute atomic E-state index is 2.83. The van der Waals surface area contributed by atoms with Crippen LogP contribution in [-0.2, 0) is 18.6 Å². The Bertz CT molecular complexity index is 656. The van der Waals surface area contributed by atoms with E-state index >= 15 is 0 Å². The van der Waals surface area contributed by atoms with Crippen molar-refractivity contribution in [1.82, 2.24) is 0 Å². The van der Waals surface area contributed by atoms with E-state index in [0.29, 0.717) is 0 Å². The predicted octanol–water partition coefficient (Wildman–Crippen LogP) is 8.33. The fourth-order valence-electron chi connectivity index (χ4n) is 6.24. The van der Waals surface area contributed by atoms with Gasteiger partial charge in [-0.2, -0.15) is 0 Å². The average molecular weight is 480 g/mol. The first-order chi connectivity index (χ1) is 12.0. The van der Waals surface area contributed by atoms with Crippen molar-refractivity contribution >= 4 is 10.4 Å². The molecule has 27 heavy (non-hydrogen) atoms. The maximum atomic E-state index is 2.73. The standard InChI is InChI=1S/2C9H13.2C3H9Si.Zr/c2*1-9(2,3)8-6-4-5-7-8;2*1-4(2)3;/h2*4,6H,5H2,1-3H3;2*1-3H3;. The Hall–Kier alpha value is 0.277. The first-order valence-electron chi connectivity index (χ1n) is 10.8. The molecule has 152 valence electrons. The third-order valence-electron chi connectivity index (χ3n) is 6.63. The zero-order chi connectivity index (χ0) is 21.1. The van der Waals surface area contributed by atoms with Gasteiger partial charge in [-0.05, 0) is 0 Å². The Morgan fingerprint density at radius 3 is 1.15 bits per heavy atom. The van der Waals surface area contributed by atoms with Gasteiger partial charge in [-0.1, -0.05) is 0 Å². The van der Waals surface area contributed by atoms with Crippen LogP contribution in [0, 0.1) is 10.8 Å². The second kappa shape index (κ2) is 7.20. The molecule has 0 aromatic heterocycles. The quantitative estimate of drug-likeness (QED) is 0.355. The van der Waals surface area contributed by atoms with Crippen LogP contribution in [0.15, 0.2) is 42.0 Å². The summed E-state index contributed by atoms with van der Waals surface area (Å²) in [6, 6.07) is 0. The SMILES string of the molecule is CC(C)(C)C1=[C]([Zr]([C]2=C(C(C)(C)C)C=CC2)([Si](C)(C)C)[Si](C)(C)C)CC=C1. The van der Waals surface area contributed by atoms with Gasteiger partial charge in [0.1, 0.15) is 0 Å². The van der Waals surface area contributed by atoms with Crippen molar-refractivity contribution in [3.05, 3.63) is 42.0 Å². The molecule has 0 saturated heterocycles. The van der Waals surface area contributed by atoms with Gasteiger partial charge in [-0.15, -0.1) is 0 Å². The van der Waals surface area contributed by atoms with E-state index in [1.165, 1.54) is 12.8 Å². The van der Waals surface area contributed by atoms with Gasteiger partial charge in [0.15, 0.2) is 0 Å². The molecule has 0 amide bonds. The minimum absolute atomic E-state index is 0.262. The van der Waals surface area contributed by atoms with E-state index in [1.807, 2.05) is 6.56 Å². The van der Waals surface area contributed by atoms with Gasteiger partial charge >= 0.3 is 175 Å². The van der Waals surface area contributed by atoms with Crippen molar-refractivity contribution in [3.63, 3.8) is 0 Å². The molecule has 0 aromatic rings. The van der Waals surface area contributed by atoms with Gasteiger partial charge < -0.3 is 0 Å². The van der Waals surface area contributed by atoms with Crippen molar-refractivity contribution in [2.45, 2.75) is 93.7 Å². The molecule has 0 unspecified atom stereocenters. The molecule has 0 saturated carbocycles. The Labute approximate surface area is 174 Å². The van der Waals surface area contributed by atoms with Crippen molar-refractivity contribution in [1.29, 1.82) is 0 Å². The molecule has 0 nitrogen and oxygen atoms in total. The third kappa shape index (κ3) is 3.99. The second-order valence-corrected chi connectivity index (χ2v) is 62.4. The molecule has 0 bridgehead atoms. The number of hydrogen-bond acceptors (Lipinski definition) is 0. The van der Waals surface area contributed by atoms with E-state index in [0.717, 1.165) is 0 Å². The summed E-state index contributed by atoms with van der Waals surface area (Å²) in [7, 11) is 0. The first kappa shape index (κ1) is 23.6. The van der Waals surface area contributed by atoms with E-state index in [1.54, 1.807) is 11.1 Å². The van der Waals surface area contributed by atoms with Gasteiger partial charge in [-0.3, -0.25) is 0 Å². The predicted molar refractivity (Wildman–Crippen MR) is 127 cm³/mol. The number of allylic oxidation sites excluding steroid dienone is 8. The van der Waals surface area contributed by atoms with E-state index in [2.05, 4.69) is 105 Å². The van der Waals surface area contributed by atoms with Gasteiger partial charge in [0.2, 0.25) is 0 Å².